The van der Waals surface area contributed by atoms with Gasteiger partial charge < -0.3 is 20.5 Å². The quantitative estimate of drug-likeness (QED) is 0.281. The summed E-state index contributed by atoms with van der Waals surface area (Å²) in [6, 6.07) is 19.4. The summed E-state index contributed by atoms with van der Waals surface area (Å²) >= 11 is 0. The molecule has 8 nitrogen and oxygen atoms in total. The Balaban J connectivity index is 1.25. The maximum absolute atomic E-state index is 11.8. The number of nitrogens with one attached hydrogen (secondary N) is 3. The number of fused-ring (bicyclic) bond motifs is 1. The van der Waals surface area contributed by atoms with E-state index in [1.165, 1.54) is 11.1 Å². The molecule has 0 bridgehead atoms. The molecule has 4 rings (SSSR count). The summed E-state index contributed by atoms with van der Waals surface area (Å²) in [6.45, 7) is 3.12. The molecule has 38 heavy (non-hydrogen) atoms. The number of carbonyl (C=O) groups is 1. The standard InChI is InChI=1S/C29H35N3O5S/c1-20-7-15-27(26-14-16-28(34)31-29(20)26)37-19-25(33)18-30-17-23-6-4-3-5-22(23)11-8-21-9-12-24(13-10-21)32-38(2,35)36/h3-7,9-10,12-13,15,25,30,32-33H,8,11,14,16-19H2,1-2H3,(H,31,34). The fourth-order valence-corrected chi connectivity index (χ4v) is 5.13. The average molecular weight is 538 g/mol. The van der Waals surface area contributed by atoms with Crippen molar-refractivity contribution in [2.45, 2.75) is 45.3 Å². The number of hydrogen-bond acceptors (Lipinski definition) is 6. The first kappa shape index (κ1) is 27.6. The van der Waals surface area contributed by atoms with Gasteiger partial charge in [0.05, 0.1) is 11.9 Å². The van der Waals surface area contributed by atoms with Crippen LogP contribution in [0.3, 0.4) is 0 Å². The molecular weight excluding hydrogens is 502 g/mol. The molecule has 1 aliphatic rings. The fourth-order valence-electron chi connectivity index (χ4n) is 4.57. The normalized spacial score (nSPS) is 13.9. The van der Waals surface area contributed by atoms with E-state index in [1.807, 2.05) is 43.3 Å². The third kappa shape index (κ3) is 7.80. The highest BCUT2D eigenvalue weighted by Gasteiger charge is 2.21. The van der Waals surface area contributed by atoms with Crippen molar-refractivity contribution < 1.29 is 23.1 Å². The van der Waals surface area contributed by atoms with Crippen LogP contribution >= 0.6 is 0 Å². The molecule has 0 aromatic heterocycles. The van der Waals surface area contributed by atoms with Crippen LogP contribution < -0.4 is 20.1 Å². The minimum Gasteiger partial charge on any atom is -0.490 e. The number of amides is 1. The summed E-state index contributed by atoms with van der Waals surface area (Å²) in [5.41, 5.74) is 6.87. The van der Waals surface area contributed by atoms with Crippen LogP contribution in [0.5, 0.6) is 5.75 Å². The zero-order valence-electron chi connectivity index (χ0n) is 21.8. The van der Waals surface area contributed by atoms with Gasteiger partial charge in [-0.1, -0.05) is 42.5 Å². The SMILES string of the molecule is Cc1ccc(OCC(O)CNCc2ccccc2CCc2ccc(NS(C)(=O)=O)cc2)c2c1NC(=O)CC2. The van der Waals surface area contributed by atoms with Crippen LogP contribution in [0.1, 0.15) is 34.2 Å². The lowest BCUT2D eigenvalue weighted by Crippen LogP contribution is -2.31. The number of rotatable bonds is 12. The van der Waals surface area contributed by atoms with E-state index in [0.29, 0.717) is 37.4 Å². The van der Waals surface area contributed by atoms with Gasteiger partial charge in [-0.05, 0) is 66.6 Å². The van der Waals surface area contributed by atoms with Crippen molar-refractivity contribution in [3.63, 3.8) is 0 Å². The Kier molecular flexibility index (Phi) is 9.04. The first-order valence-corrected chi connectivity index (χ1v) is 14.6. The van der Waals surface area contributed by atoms with Gasteiger partial charge in [0.1, 0.15) is 18.5 Å². The van der Waals surface area contributed by atoms with Gasteiger partial charge in [-0.3, -0.25) is 9.52 Å². The molecule has 3 aromatic carbocycles. The van der Waals surface area contributed by atoms with Crippen molar-refractivity contribution in [2.75, 3.05) is 29.4 Å². The molecule has 1 unspecified atom stereocenters. The van der Waals surface area contributed by atoms with Crippen molar-refractivity contribution in [3.8, 4) is 5.75 Å². The van der Waals surface area contributed by atoms with Crippen molar-refractivity contribution >= 4 is 27.3 Å². The molecule has 9 heteroatoms. The number of anilines is 2. The van der Waals surface area contributed by atoms with Crippen LogP contribution in [0.2, 0.25) is 0 Å². The monoisotopic (exact) mass is 537 g/mol. The Labute approximate surface area is 224 Å². The molecule has 4 N–H and O–H groups in total. The van der Waals surface area contributed by atoms with Crippen LogP contribution in [0.15, 0.2) is 60.7 Å². The van der Waals surface area contributed by atoms with Gasteiger partial charge >= 0.3 is 0 Å². The number of aryl methyl sites for hydroxylation is 3. The molecule has 1 aliphatic heterocycles. The van der Waals surface area contributed by atoms with E-state index in [-0.39, 0.29) is 12.5 Å². The average Bonchev–Trinajstić information content (AvgIpc) is 2.88. The number of carbonyl (C=O) groups excluding carboxylic acids is 1. The maximum Gasteiger partial charge on any atom is 0.229 e. The molecule has 0 radical (unpaired) electrons. The van der Waals surface area contributed by atoms with Crippen LogP contribution in [0.4, 0.5) is 11.4 Å². The van der Waals surface area contributed by atoms with Crippen molar-refractivity contribution in [2.24, 2.45) is 0 Å². The van der Waals surface area contributed by atoms with E-state index in [1.54, 1.807) is 12.1 Å². The highest BCUT2D eigenvalue weighted by Crippen LogP contribution is 2.34. The van der Waals surface area contributed by atoms with Crippen molar-refractivity contribution in [3.05, 3.63) is 88.5 Å². The second-order valence-corrected chi connectivity index (χ2v) is 11.5. The summed E-state index contributed by atoms with van der Waals surface area (Å²) < 4.78 is 31.2. The molecule has 0 aliphatic carbocycles. The van der Waals surface area contributed by atoms with Crippen molar-refractivity contribution in [1.82, 2.24) is 5.32 Å². The second-order valence-electron chi connectivity index (χ2n) is 9.72. The van der Waals surface area contributed by atoms with Gasteiger partial charge in [0.15, 0.2) is 0 Å². The van der Waals surface area contributed by atoms with Crippen LogP contribution in [-0.4, -0.2) is 44.9 Å². The van der Waals surface area contributed by atoms with E-state index in [0.717, 1.165) is 41.5 Å². The Hall–Kier alpha value is -3.40. The summed E-state index contributed by atoms with van der Waals surface area (Å²) in [4.78, 5) is 11.8. The van der Waals surface area contributed by atoms with E-state index < -0.39 is 16.1 Å². The number of aliphatic hydroxyl groups excluding tert-OH is 1. The molecule has 0 saturated heterocycles. The molecule has 202 valence electrons. The van der Waals surface area contributed by atoms with Crippen LogP contribution in [-0.2, 0) is 40.6 Å². The van der Waals surface area contributed by atoms with Gasteiger partial charge in [0.25, 0.3) is 0 Å². The zero-order valence-corrected chi connectivity index (χ0v) is 22.6. The van der Waals surface area contributed by atoms with E-state index in [9.17, 15) is 18.3 Å². The molecule has 0 fully saturated rings. The number of ether oxygens (including phenoxy) is 1. The number of benzene rings is 3. The molecule has 1 amide bonds. The van der Waals surface area contributed by atoms with E-state index in [4.69, 9.17) is 4.74 Å². The molecular formula is C29H35N3O5S. The van der Waals surface area contributed by atoms with Gasteiger partial charge in [0, 0.05) is 30.8 Å². The first-order valence-electron chi connectivity index (χ1n) is 12.8. The minimum absolute atomic E-state index is 0.0158. The Morgan fingerprint density at radius 1 is 1.00 bits per heavy atom. The van der Waals surface area contributed by atoms with Crippen LogP contribution in [0, 0.1) is 6.92 Å². The lowest BCUT2D eigenvalue weighted by atomic mass is 9.98. The molecule has 0 spiro atoms. The van der Waals surface area contributed by atoms with Gasteiger partial charge in [-0.2, -0.15) is 0 Å². The predicted molar refractivity (Wildman–Crippen MR) is 150 cm³/mol. The number of hydrogen-bond donors (Lipinski definition) is 4. The highest BCUT2D eigenvalue weighted by atomic mass is 32.2. The molecule has 1 atom stereocenters. The number of aliphatic hydroxyl groups is 1. The first-order chi connectivity index (χ1) is 18.2. The summed E-state index contributed by atoms with van der Waals surface area (Å²) in [7, 11) is -3.29. The Bertz CT molecular complexity index is 1370. The van der Waals surface area contributed by atoms with Gasteiger partial charge in [0.2, 0.25) is 15.9 Å². The third-order valence-corrected chi connectivity index (χ3v) is 7.14. The van der Waals surface area contributed by atoms with Gasteiger partial charge in [-0.15, -0.1) is 0 Å². The number of sulfonamides is 1. The topological polar surface area (TPSA) is 117 Å². The smallest absolute Gasteiger partial charge is 0.229 e. The summed E-state index contributed by atoms with van der Waals surface area (Å²) in [5.74, 6) is 0.720. The summed E-state index contributed by atoms with van der Waals surface area (Å²) in [6.07, 6.45) is 3.19. The second kappa shape index (κ2) is 12.4. The highest BCUT2D eigenvalue weighted by molar-refractivity contribution is 7.92. The minimum atomic E-state index is -3.29. The van der Waals surface area contributed by atoms with E-state index in [2.05, 4.69) is 27.5 Å². The third-order valence-electron chi connectivity index (χ3n) is 6.53. The fraction of sp³-hybridized carbons (Fsp3) is 0.345. The summed E-state index contributed by atoms with van der Waals surface area (Å²) in [5, 5.41) is 16.8. The lowest BCUT2D eigenvalue weighted by Gasteiger charge is -2.23. The zero-order chi connectivity index (χ0) is 27.1. The largest absolute Gasteiger partial charge is 0.490 e. The Morgan fingerprint density at radius 2 is 1.74 bits per heavy atom. The van der Waals surface area contributed by atoms with E-state index >= 15 is 0 Å². The van der Waals surface area contributed by atoms with Crippen molar-refractivity contribution in [1.29, 1.82) is 0 Å². The Morgan fingerprint density at radius 3 is 2.47 bits per heavy atom. The van der Waals surface area contributed by atoms with Crippen LogP contribution in [0.25, 0.3) is 0 Å². The molecule has 3 aromatic rings. The molecule has 1 heterocycles. The maximum atomic E-state index is 11.8. The predicted octanol–water partition coefficient (Wildman–Crippen LogP) is 3.57. The molecule has 0 saturated carbocycles. The van der Waals surface area contributed by atoms with Gasteiger partial charge in [-0.25, -0.2) is 8.42 Å². The lowest BCUT2D eigenvalue weighted by molar-refractivity contribution is -0.116.